The highest BCUT2D eigenvalue weighted by molar-refractivity contribution is 6.00. The number of ether oxygens (including phenoxy) is 2. The summed E-state index contributed by atoms with van der Waals surface area (Å²) in [5, 5.41) is 14.5. The summed E-state index contributed by atoms with van der Waals surface area (Å²) in [5.41, 5.74) is 7.36. The van der Waals surface area contributed by atoms with E-state index in [1.165, 1.54) is 18.2 Å². The third-order valence-corrected chi connectivity index (χ3v) is 5.49. The third-order valence-electron chi connectivity index (χ3n) is 5.49. The van der Waals surface area contributed by atoms with Gasteiger partial charge >= 0.3 is 11.9 Å². The van der Waals surface area contributed by atoms with E-state index in [1.54, 1.807) is 19.9 Å². The highest BCUT2D eigenvalue weighted by Gasteiger charge is 2.38. The SMILES string of the molecule is CC1=C(C(=O)OCCCCCCN)C(c2cccc([N+](=O)[O-])c2)C(C(=O)OCC(C)C)=C(C)N1. The van der Waals surface area contributed by atoms with Crippen molar-refractivity contribution < 1.29 is 24.0 Å². The molecule has 0 saturated carbocycles. The molecule has 1 unspecified atom stereocenters. The van der Waals surface area contributed by atoms with Crippen molar-refractivity contribution in [2.45, 2.75) is 59.3 Å². The van der Waals surface area contributed by atoms with E-state index in [0.717, 1.165) is 19.3 Å². The van der Waals surface area contributed by atoms with Crippen molar-refractivity contribution in [2.24, 2.45) is 11.7 Å². The normalized spacial score (nSPS) is 15.9. The lowest BCUT2D eigenvalue weighted by atomic mass is 9.80. The minimum atomic E-state index is -0.856. The van der Waals surface area contributed by atoms with Gasteiger partial charge in [-0.25, -0.2) is 9.59 Å². The van der Waals surface area contributed by atoms with E-state index in [1.807, 2.05) is 13.8 Å². The average molecular weight is 474 g/mol. The molecule has 1 aliphatic heterocycles. The van der Waals surface area contributed by atoms with Gasteiger partial charge in [0.25, 0.3) is 5.69 Å². The maximum absolute atomic E-state index is 13.2. The molecule has 1 atom stereocenters. The third kappa shape index (κ3) is 7.15. The maximum Gasteiger partial charge on any atom is 0.336 e. The summed E-state index contributed by atoms with van der Waals surface area (Å²) < 4.78 is 11.0. The zero-order valence-corrected chi connectivity index (χ0v) is 20.4. The molecule has 1 aromatic rings. The molecule has 0 spiro atoms. The Morgan fingerprint density at radius 2 is 1.68 bits per heavy atom. The molecule has 9 nitrogen and oxygen atoms in total. The molecule has 34 heavy (non-hydrogen) atoms. The van der Waals surface area contributed by atoms with E-state index in [2.05, 4.69) is 5.32 Å². The van der Waals surface area contributed by atoms with Crippen LogP contribution in [0.2, 0.25) is 0 Å². The van der Waals surface area contributed by atoms with Gasteiger partial charge in [-0.2, -0.15) is 0 Å². The first-order valence-electron chi connectivity index (χ1n) is 11.6. The van der Waals surface area contributed by atoms with Gasteiger partial charge in [0, 0.05) is 23.5 Å². The fraction of sp³-hybridized carbons (Fsp3) is 0.520. The molecule has 0 amide bonds. The van der Waals surface area contributed by atoms with Crippen molar-refractivity contribution in [1.29, 1.82) is 0 Å². The molecule has 0 aromatic heterocycles. The summed E-state index contributed by atoms with van der Waals surface area (Å²) in [4.78, 5) is 37.2. The van der Waals surface area contributed by atoms with E-state index in [-0.39, 0.29) is 36.0 Å². The van der Waals surface area contributed by atoms with Crippen LogP contribution in [-0.2, 0) is 19.1 Å². The summed E-state index contributed by atoms with van der Waals surface area (Å²) in [6.07, 6.45) is 3.47. The number of nitrogens with zero attached hydrogens (tertiary/aromatic N) is 1. The zero-order valence-electron chi connectivity index (χ0n) is 20.4. The molecule has 0 fully saturated rings. The highest BCUT2D eigenvalue weighted by Crippen LogP contribution is 2.40. The second-order valence-electron chi connectivity index (χ2n) is 8.82. The number of unbranched alkanes of at least 4 members (excludes halogenated alkanes) is 3. The van der Waals surface area contributed by atoms with Crippen molar-refractivity contribution in [3.8, 4) is 0 Å². The fourth-order valence-electron chi connectivity index (χ4n) is 3.85. The minimum Gasteiger partial charge on any atom is -0.462 e. The first kappa shape index (κ1) is 27.0. The van der Waals surface area contributed by atoms with E-state index in [4.69, 9.17) is 15.2 Å². The monoisotopic (exact) mass is 473 g/mol. The van der Waals surface area contributed by atoms with E-state index >= 15 is 0 Å². The van der Waals surface area contributed by atoms with Crippen LogP contribution in [0.1, 0.15) is 64.9 Å². The molecule has 0 bridgehead atoms. The van der Waals surface area contributed by atoms with Crippen LogP contribution in [0.15, 0.2) is 46.8 Å². The van der Waals surface area contributed by atoms with Gasteiger partial charge in [-0.15, -0.1) is 0 Å². The van der Waals surface area contributed by atoms with Crippen molar-refractivity contribution in [2.75, 3.05) is 19.8 Å². The number of carbonyl (C=O) groups excluding carboxylic acids is 2. The predicted octanol–water partition coefficient (Wildman–Crippen LogP) is 4.09. The fourth-order valence-corrected chi connectivity index (χ4v) is 3.85. The summed E-state index contributed by atoms with van der Waals surface area (Å²) in [5.74, 6) is -1.87. The molecule has 9 heteroatoms. The number of hydrogen-bond donors (Lipinski definition) is 2. The molecule has 0 saturated heterocycles. The minimum absolute atomic E-state index is 0.124. The van der Waals surface area contributed by atoms with Gasteiger partial charge in [0.15, 0.2) is 0 Å². The molecule has 1 aliphatic rings. The van der Waals surface area contributed by atoms with E-state index in [9.17, 15) is 19.7 Å². The number of carbonyl (C=O) groups is 2. The molecular weight excluding hydrogens is 438 g/mol. The van der Waals surface area contributed by atoms with Crippen LogP contribution in [0.4, 0.5) is 5.69 Å². The summed E-state index contributed by atoms with van der Waals surface area (Å²) in [6.45, 7) is 8.36. The maximum atomic E-state index is 13.2. The zero-order chi connectivity index (χ0) is 25.3. The van der Waals surface area contributed by atoms with Gasteiger partial charge < -0.3 is 20.5 Å². The summed E-state index contributed by atoms with van der Waals surface area (Å²) in [7, 11) is 0. The number of benzene rings is 1. The molecule has 1 heterocycles. The Kier molecular flexibility index (Phi) is 10.2. The Morgan fingerprint density at radius 1 is 1.06 bits per heavy atom. The number of esters is 2. The van der Waals surface area contributed by atoms with Crippen LogP contribution in [0.25, 0.3) is 0 Å². The lowest BCUT2D eigenvalue weighted by Gasteiger charge is -2.30. The molecule has 1 aromatic carbocycles. The number of dihydropyridines is 1. The standard InChI is InChI=1S/C25H35N3O6/c1-16(2)15-34-25(30)22-18(4)27-17(3)21(24(29)33-13-8-6-5-7-12-26)23(22)19-10-9-11-20(14-19)28(31)32/h9-11,14,16,23,27H,5-8,12-13,15,26H2,1-4H3. The van der Waals surface area contributed by atoms with E-state index in [0.29, 0.717) is 29.9 Å². The molecule has 0 aliphatic carbocycles. The molecule has 186 valence electrons. The van der Waals surface area contributed by atoms with Crippen molar-refractivity contribution in [1.82, 2.24) is 5.32 Å². The van der Waals surface area contributed by atoms with Gasteiger partial charge in [0.2, 0.25) is 0 Å². The van der Waals surface area contributed by atoms with Crippen molar-refractivity contribution in [3.05, 3.63) is 62.5 Å². The topological polar surface area (TPSA) is 134 Å². The van der Waals surface area contributed by atoms with Crippen LogP contribution in [0.3, 0.4) is 0 Å². The van der Waals surface area contributed by atoms with Crippen LogP contribution in [0, 0.1) is 16.0 Å². The number of nitrogens with one attached hydrogen (secondary N) is 1. The average Bonchev–Trinajstić information content (AvgIpc) is 2.79. The van der Waals surface area contributed by atoms with Crippen LogP contribution in [-0.4, -0.2) is 36.6 Å². The number of hydrogen-bond acceptors (Lipinski definition) is 8. The lowest BCUT2D eigenvalue weighted by molar-refractivity contribution is -0.384. The molecular formula is C25H35N3O6. The smallest absolute Gasteiger partial charge is 0.336 e. The van der Waals surface area contributed by atoms with Gasteiger partial charge in [-0.3, -0.25) is 10.1 Å². The number of rotatable bonds is 12. The Balaban J connectivity index is 2.41. The Labute approximate surface area is 200 Å². The highest BCUT2D eigenvalue weighted by atomic mass is 16.6. The predicted molar refractivity (Wildman–Crippen MR) is 129 cm³/mol. The Morgan fingerprint density at radius 3 is 2.26 bits per heavy atom. The van der Waals surface area contributed by atoms with Crippen LogP contribution < -0.4 is 11.1 Å². The number of allylic oxidation sites excluding steroid dienone is 2. The first-order chi connectivity index (χ1) is 16.2. The number of nitrogens with two attached hydrogens (primary N) is 1. The summed E-state index contributed by atoms with van der Waals surface area (Å²) >= 11 is 0. The summed E-state index contributed by atoms with van der Waals surface area (Å²) in [6, 6.07) is 5.96. The van der Waals surface area contributed by atoms with Crippen LogP contribution in [0.5, 0.6) is 0 Å². The van der Waals surface area contributed by atoms with Crippen molar-refractivity contribution in [3.63, 3.8) is 0 Å². The second kappa shape index (κ2) is 12.9. The molecule has 0 radical (unpaired) electrons. The van der Waals surface area contributed by atoms with Gasteiger partial charge in [0.05, 0.1) is 35.2 Å². The lowest BCUT2D eigenvalue weighted by Crippen LogP contribution is -2.33. The number of nitro benzene ring substituents is 1. The Bertz CT molecular complexity index is 967. The largest absolute Gasteiger partial charge is 0.462 e. The van der Waals surface area contributed by atoms with E-state index < -0.39 is 22.8 Å². The number of non-ortho nitro benzene ring substituents is 1. The Hall–Kier alpha value is -3.20. The first-order valence-corrected chi connectivity index (χ1v) is 11.6. The molecule has 2 rings (SSSR count). The number of nitro groups is 1. The van der Waals surface area contributed by atoms with Gasteiger partial charge in [0.1, 0.15) is 0 Å². The van der Waals surface area contributed by atoms with Crippen molar-refractivity contribution >= 4 is 17.6 Å². The second-order valence-corrected chi connectivity index (χ2v) is 8.82. The quantitative estimate of drug-likeness (QED) is 0.201. The molecule has 3 N–H and O–H groups in total. The van der Waals surface area contributed by atoms with Gasteiger partial charge in [-0.1, -0.05) is 38.8 Å². The van der Waals surface area contributed by atoms with Crippen LogP contribution >= 0.6 is 0 Å². The van der Waals surface area contributed by atoms with Gasteiger partial charge in [-0.05, 0) is 44.7 Å².